The molecule has 0 aliphatic heterocycles. The van der Waals surface area contributed by atoms with Crippen molar-refractivity contribution in [2.75, 3.05) is 6.26 Å². The highest BCUT2D eigenvalue weighted by Gasteiger charge is 2.33. The third-order valence-electron chi connectivity index (χ3n) is 3.87. The van der Waals surface area contributed by atoms with Crippen LogP contribution < -0.4 is 0 Å². The summed E-state index contributed by atoms with van der Waals surface area (Å²) in [5.41, 5.74) is 2.46. The number of ether oxygens (including phenoxy) is 1. The molecule has 0 radical (unpaired) electrons. The fourth-order valence-electron chi connectivity index (χ4n) is 2.50. The summed E-state index contributed by atoms with van der Waals surface area (Å²) in [6.07, 6.45) is 5.40. The van der Waals surface area contributed by atoms with Crippen LogP contribution >= 0.6 is 0 Å². The van der Waals surface area contributed by atoms with E-state index in [1.165, 1.54) is 24.0 Å². The van der Waals surface area contributed by atoms with Gasteiger partial charge in [-0.05, 0) is 42.7 Å². The smallest absolute Gasteiger partial charge is 0.264 e. The average Bonchev–Trinajstić information content (AvgIpc) is 3.14. The van der Waals surface area contributed by atoms with Crippen LogP contribution in [0.1, 0.15) is 42.7 Å². The minimum Gasteiger partial charge on any atom is -0.374 e. The SMILES string of the molecule is CS(=O)(=O)OC1CC(c2ccc(COC3CC3)cc2)C1. The van der Waals surface area contributed by atoms with Gasteiger partial charge in [-0.15, -0.1) is 0 Å². The zero-order chi connectivity index (χ0) is 14.2. The lowest BCUT2D eigenvalue weighted by atomic mass is 9.77. The Labute approximate surface area is 120 Å². The molecule has 0 aromatic heterocycles. The molecular formula is C15H20O4S. The molecule has 20 heavy (non-hydrogen) atoms. The van der Waals surface area contributed by atoms with Gasteiger partial charge in [0.15, 0.2) is 0 Å². The quantitative estimate of drug-likeness (QED) is 0.757. The van der Waals surface area contributed by atoms with Crippen LogP contribution in [0.3, 0.4) is 0 Å². The van der Waals surface area contributed by atoms with Crippen molar-refractivity contribution in [1.82, 2.24) is 0 Å². The zero-order valence-electron chi connectivity index (χ0n) is 11.6. The van der Waals surface area contributed by atoms with Gasteiger partial charge in [-0.3, -0.25) is 4.18 Å². The summed E-state index contributed by atoms with van der Waals surface area (Å²) in [6, 6.07) is 8.44. The van der Waals surface area contributed by atoms with E-state index in [0.717, 1.165) is 19.1 Å². The molecule has 4 nitrogen and oxygen atoms in total. The molecule has 0 spiro atoms. The molecule has 0 heterocycles. The number of benzene rings is 1. The third-order valence-corrected chi connectivity index (χ3v) is 4.49. The standard InChI is InChI=1S/C15H20O4S/c1-20(16,17)19-15-8-13(9-15)12-4-2-11(3-5-12)10-18-14-6-7-14/h2-5,13-15H,6-10H2,1H3. The summed E-state index contributed by atoms with van der Waals surface area (Å²) in [5.74, 6) is 0.417. The summed E-state index contributed by atoms with van der Waals surface area (Å²) in [7, 11) is -3.32. The summed E-state index contributed by atoms with van der Waals surface area (Å²) in [4.78, 5) is 0. The first-order valence-corrected chi connectivity index (χ1v) is 8.90. The first kappa shape index (κ1) is 14.0. The Bertz CT molecular complexity index is 554. The lowest BCUT2D eigenvalue weighted by Gasteiger charge is -2.34. The first-order chi connectivity index (χ1) is 9.49. The minimum atomic E-state index is -3.32. The Morgan fingerprint density at radius 2 is 1.75 bits per heavy atom. The van der Waals surface area contributed by atoms with Gasteiger partial charge < -0.3 is 4.74 Å². The van der Waals surface area contributed by atoms with Crippen molar-refractivity contribution in [3.63, 3.8) is 0 Å². The van der Waals surface area contributed by atoms with Crippen molar-refractivity contribution >= 4 is 10.1 Å². The second-order valence-corrected chi connectivity index (χ2v) is 7.44. The number of hydrogen-bond acceptors (Lipinski definition) is 4. The Morgan fingerprint density at radius 3 is 2.30 bits per heavy atom. The molecule has 0 bridgehead atoms. The monoisotopic (exact) mass is 296 g/mol. The topological polar surface area (TPSA) is 52.6 Å². The van der Waals surface area contributed by atoms with Crippen molar-refractivity contribution in [2.45, 2.75) is 50.4 Å². The fraction of sp³-hybridized carbons (Fsp3) is 0.600. The van der Waals surface area contributed by atoms with Crippen molar-refractivity contribution in [3.8, 4) is 0 Å². The average molecular weight is 296 g/mol. The molecule has 2 aliphatic rings. The lowest BCUT2D eigenvalue weighted by Crippen LogP contribution is -2.31. The summed E-state index contributed by atoms with van der Waals surface area (Å²) >= 11 is 0. The van der Waals surface area contributed by atoms with Crippen molar-refractivity contribution in [2.24, 2.45) is 0 Å². The van der Waals surface area contributed by atoms with E-state index in [2.05, 4.69) is 24.3 Å². The van der Waals surface area contributed by atoms with E-state index in [0.29, 0.717) is 18.6 Å². The van der Waals surface area contributed by atoms with E-state index in [-0.39, 0.29) is 6.10 Å². The predicted octanol–water partition coefficient (Wildman–Crippen LogP) is 2.59. The Morgan fingerprint density at radius 1 is 1.10 bits per heavy atom. The molecule has 1 aromatic carbocycles. The molecule has 0 N–H and O–H groups in total. The van der Waals surface area contributed by atoms with Crippen LogP contribution in [0.15, 0.2) is 24.3 Å². The summed E-state index contributed by atoms with van der Waals surface area (Å²) in [6.45, 7) is 0.690. The van der Waals surface area contributed by atoms with Crippen LogP contribution in [0.4, 0.5) is 0 Å². The van der Waals surface area contributed by atoms with Gasteiger partial charge in [0.2, 0.25) is 0 Å². The van der Waals surface area contributed by atoms with Crippen LogP contribution in [0.25, 0.3) is 0 Å². The predicted molar refractivity (Wildman–Crippen MR) is 75.9 cm³/mol. The Hall–Kier alpha value is -0.910. The van der Waals surface area contributed by atoms with E-state index < -0.39 is 10.1 Å². The maximum atomic E-state index is 11.0. The molecule has 2 saturated carbocycles. The first-order valence-electron chi connectivity index (χ1n) is 7.08. The molecule has 0 saturated heterocycles. The second kappa shape index (κ2) is 5.47. The molecular weight excluding hydrogens is 276 g/mol. The Kier molecular flexibility index (Phi) is 3.84. The molecule has 2 fully saturated rings. The molecule has 5 heteroatoms. The maximum Gasteiger partial charge on any atom is 0.264 e. The minimum absolute atomic E-state index is 0.145. The van der Waals surface area contributed by atoms with Gasteiger partial charge in [0, 0.05) is 0 Å². The molecule has 2 aliphatic carbocycles. The summed E-state index contributed by atoms with van der Waals surface area (Å²) in [5, 5.41) is 0. The van der Waals surface area contributed by atoms with Crippen molar-refractivity contribution in [3.05, 3.63) is 35.4 Å². The van der Waals surface area contributed by atoms with Gasteiger partial charge in [-0.25, -0.2) is 0 Å². The molecule has 110 valence electrons. The molecule has 3 rings (SSSR count). The third kappa shape index (κ3) is 3.81. The molecule has 0 atom stereocenters. The normalized spacial score (nSPS) is 26.2. The van der Waals surface area contributed by atoms with Gasteiger partial charge in [-0.1, -0.05) is 24.3 Å². The van der Waals surface area contributed by atoms with E-state index in [1.54, 1.807) is 0 Å². The van der Waals surface area contributed by atoms with E-state index >= 15 is 0 Å². The lowest BCUT2D eigenvalue weighted by molar-refractivity contribution is 0.104. The molecule has 0 unspecified atom stereocenters. The highest BCUT2D eigenvalue weighted by Crippen LogP contribution is 2.39. The van der Waals surface area contributed by atoms with Gasteiger partial charge in [0.25, 0.3) is 10.1 Å². The van der Waals surface area contributed by atoms with E-state index in [9.17, 15) is 8.42 Å². The maximum absolute atomic E-state index is 11.0. The van der Waals surface area contributed by atoms with E-state index in [4.69, 9.17) is 8.92 Å². The highest BCUT2D eigenvalue weighted by molar-refractivity contribution is 7.86. The second-order valence-electron chi connectivity index (χ2n) is 5.84. The van der Waals surface area contributed by atoms with Crippen LogP contribution in [-0.4, -0.2) is 26.9 Å². The molecule has 0 amide bonds. The number of hydrogen-bond donors (Lipinski definition) is 0. The molecule has 1 aromatic rings. The van der Waals surface area contributed by atoms with Crippen LogP contribution in [-0.2, 0) is 25.6 Å². The van der Waals surface area contributed by atoms with Gasteiger partial charge in [-0.2, -0.15) is 8.42 Å². The highest BCUT2D eigenvalue weighted by atomic mass is 32.2. The number of rotatable bonds is 6. The summed E-state index contributed by atoms with van der Waals surface area (Å²) < 4.78 is 32.7. The largest absolute Gasteiger partial charge is 0.374 e. The van der Waals surface area contributed by atoms with E-state index in [1.807, 2.05) is 0 Å². The van der Waals surface area contributed by atoms with Gasteiger partial charge in [0.05, 0.1) is 25.1 Å². The van der Waals surface area contributed by atoms with Crippen molar-refractivity contribution < 1.29 is 17.3 Å². The van der Waals surface area contributed by atoms with Crippen LogP contribution in [0, 0.1) is 0 Å². The van der Waals surface area contributed by atoms with Crippen LogP contribution in [0.5, 0.6) is 0 Å². The van der Waals surface area contributed by atoms with Crippen molar-refractivity contribution in [1.29, 1.82) is 0 Å². The zero-order valence-corrected chi connectivity index (χ0v) is 12.4. The fourth-order valence-corrected chi connectivity index (χ4v) is 3.15. The Balaban J connectivity index is 1.49. The van der Waals surface area contributed by atoms with Crippen LogP contribution in [0.2, 0.25) is 0 Å². The van der Waals surface area contributed by atoms with Gasteiger partial charge in [0.1, 0.15) is 0 Å². The van der Waals surface area contributed by atoms with Gasteiger partial charge >= 0.3 is 0 Å².